The molecule has 1 N–H and O–H groups in total. The minimum absolute atomic E-state index is 0.0636. The quantitative estimate of drug-likeness (QED) is 0.747. The zero-order valence-electron chi connectivity index (χ0n) is 16.4. The third-order valence-electron chi connectivity index (χ3n) is 5.21. The number of rotatable bonds is 3. The van der Waals surface area contributed by atoms with Crippen LogP contribution in [0.25, 0.3) is 0 Å². The van der Waals surface area contributed by atoms with Gasteiger partial charge in [-0.05, 0) is 30.9 Å². The molecule has 2 saturated heterocycles. The van der Waals surface area contributed by atoms with Gasteiger partial charge in [-0.15, -0.1) is 0 Å². The lowest BCUT2D eigenvalue weighted by Gasteiger charge is -2.40. The normalized spacial score (nSPS) is 22.5. The Morgan fingerprint density at radius 3 is 2.40 bits per heavy atom. The van der Waals surface area contributed by atoms with Gasteiger partial charge >= 0.3 is 12.1 Å². The van der Waals surface area contributed by atoms with Crippen LogP contribution in [0.3, 0.4) is 0 Å². The van der Waals surface area contributed by atoms with Gasteiger partial charge < -0.3 is 10.0 Å². The summed E-state index contributed by atoms with van der Waals surface area (Å²) in [6.07, 6.45) is 2.74. The molecule has 1 aromatic heterocycles. The van der Waals surface area contributed by atoms with E-state index in [0.717, 1.165) is 31.4 Å². The Hall–Kier alpha value is -2.21. The van der Waals surface area contributed by atoms with E-state index in [4.69, 9.17) is 9.90 Å². The number of nitrogens with zero attached hydrogens (tertiary/aromatic N) is 3. The van der Waals surface area contributed by atoms with E-state index in [1.807, 2.05) is 17.0 Å². The minimum atomic E-state index is -5.08. The maximum Gasteiger partial charge on any atom is 0.490 e. The van der Waals surface area contributed by atoms with Gasteiger partial charge in [0, 0.05) is 44.0 Å². The van der Waals surface area contributed by atoms with E-state index in [1.165, 1.54) is 6.26 Å². The predicted octanol–water partition coefficient (Wildman–Crippen LogP) is 1.53. The topological polar surface area (TPSA) is 108 Å². The number of pyridine rings is 1. The monoisotopic (exact) mass is 451 g/mol. The lowest BCUT2D eigenvalue weighted by molar-refractivity contribution is -0.192. The molecular formula is C18H24F3N3O5S. The Kier molecular flexibility index (Phi) is 7.45. The number of aromatic nitrogens is 1. The van der Waals surface area contributed by atoms with Crippen molar-refractivity contribution in [3.63, 3.8) is 0 Å². The van der Waals surface area contributed by atoms with Crippen LogP contribution in [0.2, 0.25) is 0 Å². The minimum Gasteiger partial charge on any atom is -0.475 e. The van der Waals surface area contributed by atoms with Crippen molar-refractivity contribution in [2.24, 2.45) is 5.41 Å². The molecule has 30 heavy (non-hydrogen) atoms. The van der Waals surface area contributed by atoms with E-state index in [0.29, 0.717) is 26.1 Å². The molecule has 1 aromatic rings. The maximum atomic E-state index is 12.6. The molecule has 0 bridgehead atoms. The number of carboxylic acid groups (broad SMARTS) is 1. The van der Waals surface area contributed by atoms with Crippen LogP contribution in [0.4, 0.5) is 13.2 Å². The second kappa shape index (κ2) is 9.29. The molecule has 0 aromatic carbocycles. The average Bonchev–Trinajstić information content (AvgIpc) is 3.06. The van der Waals surface area contributed by atoms with Crippen LogP contribution in [0, 0.1) is 5.41 Å². The number of amides is 1. The fourth-order valence-electron chi connectivity index (χ4n) is 3.72. The molecule has 1 atom stereocenters. The molecule has 3 rings (SSSR count). The molecular weight excluding hydrogens is 427 g/mol. The molecule has 3 heterocycles. The molecule has 1 spiro atoms. The maximum absolute atomic E-state index is 12.6. The van der Waals surface area contributed by atoms with E-state index in [1.54, 1.807) is 16.7 Å². The molecule has 0 saturated carbocycles. The Bertz CT molecular complexity index is 864. The molecule has 8 nitrogen and oxygen atoms in total. The van der Waals surface area contributed by atoms with Gasteiger partial charge in [0.25, 0.3) is 0 Å². The second-order valence-corrected chi connectivity index (χ2v) is 9.59. The zero-order valence-corrected chi connectivity index (χ0v) is 17.2. The van der Waals surface area contributed by atoms with Crippen LogP contribution in [-0.2, 0) is 26.0 Å². The summed E-state index contributed by atoms with van der Waals surface area (Å²) in [6, 6.07) is 3.74. The van der Waals surface area contributed by atoms with Crippen LogP contribution >= 0.6 is 0 Å². The number of carbonyl (C=O) groups excluding carboxylic acids is 1. The van der Waals surface area contributed by atoms with Crippen molar-refractivity contribution in [1.82, 2.24) is 14.2 Å². The molecule has 2 aliphatic heterocycles. The highest BCUT2D eigenvalue weighted by molar-refractivity contribution is 7.88. The van der Waals surface area contributed by atoms with Crippen LogP contribution < -0.4 is 0 Å². The third-order valence-corrected chi connectivity index (χ3v) is 6.46. The summed E-state index contributed by atoms with van der Waals surface area (Å²) in [7, 11) is -3.14. The van der Waals surface area contributed by atoms with Crippen molar-refractivity contribution >= 4 is 21.9 Å². The highest BCUT2D eigenvalue weighted by atomic mass is 32.2. The van der Waals surface area contributed by atoms with Crippen LogP contribution in [0.5, 0.6) is 0 Å². The van der Waals surface area contributed by atoms with Crippen LogP contribution in [0.1, 0.15) is 24.8 Å². The summed E-state index contributed by atoms with van der Waals surface area (Å²) in [5.74, 6) is -2.65. The van der Waals surface area contributed by atoms with Gasteiger partial charge in [-0.3, -0.25) is 9.78 Å². The van der Waals surface area contributed by atoms with Gasteiger partial charge in [0.15, 0.2) is 0 Å². The molecule has 0 aliphatic carbocycles. The molecule has 12 heteroatoms. The van der Waals surface area contributed by atoms with E-state index >= 15 is 0 Å². The number of halogens is 3. The first-order valence-electron chi connectivity index (χ1n) is 9.24. The smallest absolute Gasteiger partial charge is 0.475 e. The highest BCUT2D eigenvalue weighted by Gasteiger charge is 2.44. The van der Waals surface area contributed by atoms with Gasteiger partial charge in [0.1, 0.15) is 0 Å². The fraction of sp³-hybridized carbons (Fsp3) is 0.611. The summed E-state index contributed by atoms with van der Waals surface area (Å²) in [6.45, 7) is 2.55. The first-order chi connectivity index (χ1) is 13.8. The van der Waals surface area contributed by atoms with Crippen LogP contribution in [0.15, 0.2) is 24.5 Å². The van der Waals surface area contributed by atoms with E-state index < -0.39 is 22.2 Å². The summed E-state index contributed by atoms with van der Waals surface area (Å²) in [4.78, 5) is 27.4. The Morgan fingerprint density at radius 2 is 1.90 bits per heavy atom. The number of sulfonamides is 1. The summed E-state index contributed by atoms with van der Waals surface area (Å²) in [5.41, 5.74) is 0.854. The number of hydrogen-bond donors (Lipinski definition) is 1. The molecule has 2 aliphatic rings. The zero-order chi connectivity index (χ0) is 22.6. The van der Waals surface area contributed by atoms with Gasteiger partial charge in [0.05, 0.1) is 12.7 Å². The molecule has 1 unspecified atom stereocenters. The van der Waals surface area contributed by atoms with E-state index in [2.05, 4.69) is 4.98 Å². The summed E-state index contributed by atoms with van der Waals surface area (Å²) in [5, 5.41) is 7.12. The Balaban J connectivity index is 0.000000396. The van der Waals surface area contributed by atoms with Gasteiger partial charge in [0.2, 0.25) is 15.9 Å². The number of carbonyl (C=O) groups is 2. The number of likely N-dealkylation sites (tertiary alicyclic amines) is 1. The largest absolute Gasteiger partial charge is 0.490 e. The summed E-state index contributed by atoms with van der Waals surface area (Å²) < 4.78 is 56.8. The van der Waals surface area contributed by atoms with Crippen LogP contribution in [-0.4, -0.2) is 78.2 Å². The van der Waals surface area contributed by atoms with Crippen molar-refractivity contribution in [3.8, 4) is 0 Å². The lowest BCUT2D eigenvalue weighted by atomic mass is 9.79. The first kappa shape index (κ1) is 24.1. The molecule has 0 radical (unpaired) electrons. The van der Waals surface area contributed by atoms with Crippen molar-refractivity contribution < 1.29 is 36.3 Å². The van der Waals surface area contributed by atoms with E-state index in [-0.39, 0.29) is 11.3 Å². The number of carboxylic acids is 1. The highest BCUT2D eigenvalue weighted by Crippen LogP contribution is 2.39. The fourth-order valence-corrected chi connectivity index (χ4v) is 4.65. The van der Waals surface area contributed by atoms with Gasteiger partial charge in [-0.1, -0.05) is 6.07 Å². The average molecular weight is 451 g/mol. The number of aliphatic carboxylic acids is 1. The van der Waals surface area contributed by atoms with Crippen molar-refractivity contribution in [2.45, 2.75) is 31.9 Å². The molecule has 168 valence electrons. The standard InChI is InChI=1S/C16H23N3O3S.C2HF3O2/c1-23(21,22)19-9-6-16(13-19)5-3-8-18(12-16)15(20)10-14-4-2-7-17-11-14;3-2(4,5)1(6)7/h2,4,7,11H,3,5-6,8-10,12-13H2,1H3;(H,6,7). The first-order valence-corrected chi connectivity index (χ1v) is 11.1. The molecule has 2 fully saturated rings. The Morgan fingerprint density at radius 1 is 1.23 bits per heavy atom. The number of alkyl halides is 3. The van der Waals surface area contributed by atoms with Crippen molar-refractivity contribution in [1.29, 1.82) is 0 Å². The van der Waals surface area contributed by atoms with Crippen molar-refractivity contribution in [3.05, 3.63) is 30.1 Å². The van der Waals surface area contributed by atoms with E-state index in [9.17, 15) is 26.4 Å². The van der Waals surface area contributed by atoms with Gasteiger partial charge in [-0.2, -0.15) is 13.2 Å². The van der Waals surface area contributed by atoms with Gasteiger partial charge in [-0.25, -0.2) is 17.5 Å². The third kappa shape index (κ3) is 6.66. The summed E-state index contributed by atoms with van der Waals surface area (Å²) >= 11 is 0. The molecule has 1 amide bonds. The SMILES string of the molecule is CS(=O)(=O)N1CCC2(CCCN(C(=O)Cc3cccnc3)C2)C1.O=C(O)C(F)(F)F. The predicted molar refractivity (Wildman–Crippen MR) is 101 cm³/mol. The van der Waals surface area contributed by atoms with Crippen molar-refractivity contribution in [2.75, 3.05) is 32.4 Å². The number of hydrogen-bond acceptors (Lipinski definition) is 5. The second-order valence-electron chi connectivity index (χ2n) is 7.61. The number of piperidine rings is 1. The Labute approximate surface area is 172 Å². The lowest BCUT2D eigenvalue weighted by Crippen LogP contribution is -2.48.